The summed E-state index contributed by atoms with van der Waals surface area (Å²) in [5, 5.41) is -0.744. The van der Waals surface area contributed by atoms with Crippen LogP contribution in [0.5, 0.6) is 0 Å². The van der Waals surface area contributed by atoms with Crippen LogP contribution in [-0.4, -0.2) is 0 Å². The van der Waals surface area contributed by atoms with Gasteiger partial charge in [-0.3, -0.25) is 0 Å². The Morgan fingerprint density at radius 2 is 1.90 bits per heavy atom. The Labute approximate surface area is 130 Å². The van der Waals surface area contributed by atoms with Gasteiger partial charge >= 0.3 is 6.18 Å². The van der Waals surface area contributed by atoms with Crippen LogP contribution in [0.2, 0.25) is 0 Å². The Bertz CT molecular complexity index is 616. The van der Waals surface area contributed by atoms with E-state index in [1.54, 1.807) is 6.07 Å². The zero-order valence-electron chi connectivity index (χ0n) is 10.1. The minimum atomic E-state index is -4.73. The van der Waals surface area contributed by atoms with Gasteiger partial charge in [0, 0.05) is 4.88 Å². The first-order valence-electron chi connectivity index (χ1n) is 5.46. The lowest BCUT2D eigenvalue weighted by Crippen LogP contribution is -2.09. The van der Waals surface area contributed by atoms with Crippen molar-refractivity contribution in [2.75, 3.05) is 0 Å². The van der Waals surface area contributed by atoms with E-state index in [2.05, 4.69) is 15.9 Å². The Hall–Kier alpha value is -0.590. The lowest BCUT2D eigenvalue weighted by molar-refractivity contribution is -0.140. The van der Waals surface area contributed by atoms with Crippen LogP contribution in [0, 0.1) is 12.7 Å². The van der Waals surface area contributed by atoms with Crippen LogP contribution in [0.25, 0.3) is 0 Å². The Balaban J connectivity index is 2.43. The topological polar surface area (TPSA) is 0 Å². The SMILES string of the molecule is Cc1cc(C(Cl)c2ccc(F)c(C(F)(F)F)c2)sc1Br. The van der Waals surface area contributed by atoms with Crippen LogP contribution in [0.4, 0.5) is 17.6 Å². The number of hydrogen-bond acceptors (Lipinski definition) is 1. The Morgan fingerprint density at radius 1 is 1.25 bits per heavy atom. The fraction of sp³-hybridized carbons (Fsp3) is 0.231. The first kappa shape index (κ1) is 15.8. The maximum atomic E-state index is 13.2. The number of benzene rings is 1. The van der Waals surface area contributed by atoms with E-state index >= 15 is 0 Å². The molecular formula is C13H8BrClF4S. The molecule has 7 heteroatoms. The third-order valence-corrected chi connectivity index (χ3v) is 5.53. The summed E-state index contributed by atoms with van der Waals surface area (Å²) in [6, 6.07) is 4.62. The van der Waals surface area contributed by atoms with Gasteiger partial charge in [0.1, 0.15) is 5.82 Å². The number of alkyl halides is 4. The molecule has 0 bridgehead atoms. The van der Waals surface area contributed by atoms with Crippen LogP contribution in [0.15, 0.2) is 28.1 Å². The second-order valence-electron chi connectivity index (χ2n) is 4.21. The van der Waals surface area contributed by atoms with Gasteiger partial charge in [0.25, 0.3) is 0 Å². The maximum Gasteiger partial charge on any atom is 0.419 e. The van der Waals surface area contributed by atoms with E-state index in [1.807, 2.05) is 6.92 Å². The van der Waals surface area contributed by atoms with E-state index in [1.165, 1.54) is 17.4 Å². The van der Waals surface area contributed by atoms with Crippen molar-refractivity contribution in [3.8, 4) is 0 Å². The fourth-order valence-corrected chi connectivity index (χ4v) is 3.60. The largest absolute Gasteiger partial charge is 0.419 e. The molecule has 2 rings (SSSR count). The summed E-state index contributed by atoms with van der Waals surface area (Å²) in [4.78, 5) is 0.704. The standard InChI is InChI=1S/C13H8BrClF4S/c1-6-4-10(20-12(6)14)11(15)7-2-3-9(16)8(5-7)13(17,18)19/h2-5,11H,1H3. The highest BCUT2D eigenvalue weighted by molar-refractivity contribution is 9.11. The van der Waals surface area contributed by atoms with Crippen molar-refractivity contribution in [3.63, 3.8) is 0 Å². The molecule has 1 aromatic heterocycles. The predicted molar refractivity (Wildman–Crippen MR) is 75.9 cm³/mol. The number of thiophene rings is 1. The second kappa shape index (κ2) is 5.66. The van der Waals surface area contributed by atoms with E-state index in [0.717, 1.165) is 21.5 Å². The molecule has 0 fully saturated rings. The highest BCUT2D eigenvalue weighted by atomic mass is 79.9. The molecule has 2 aromatic rings. The minimum absolute atomic E-state index is 0.217. The van der Waals surface area contributed by atoms with Gasteiger partial charge in [0.15, 0.2) is 0 Å². The normalized spacial score (nSPS) is 13.6. The lowest BCUT2D eigenvalue weighted by Gasteiger charge is -2.12. The molecule has 1 atom stereocenters. The van der Waals surface area contributed by atoms with E-state index in [0.29, 0.717) is 4.88 Å². The molecule has 0 aliphatic heterocycles. The molecule has 0 aliphatic rings. The van der Waals surface area contributed by atoms with Gasteiger partial charge in [0.05, 0.1) is 14.7 Å². The summed E-state index contributed by atoms with van der Waals surface area (Å²) in [7, 11) is 0. The molecule has 0 radical (unpaired) electrons. The molecule has 108 valence electrons. The number of hydrogen-bond donors (Lipinski definition) is 0. The summed E-state index contributed by atoms with van der Waals surface area (Å²) < 4.78 is 52.1. The van der Waals surface area contributed by atoms with Gasteiger partial charge in [-0.25, -0.2) is 4.39 Å². The average molecular weight is 388 g/mol. The molecule has 0 spiro atoms. The van der Waals surface area contributed by atoms with Crippen molar-refractivity contribution in [2.24, 2.45) is 0 Å². The molecule has 0 nitrogen and oxygen atoms in total. The smallest absolute Gasteiger partial charge is 0.206 e. The van der Waals surface area contributed by atoms with Crippen molar-refractivity contribution < 1.29 is 17.6 Å². The highest BCUT2D eigenvalue weighted by Crippen LogP contribution is 2.40. The maximum absolute atomic E-state index is 13.2. The molecule has 1 heterocycles. The molecule has 20 heavy (non-hydrogen) atoms. The minimum Gasteiger partial charge on any atom is -0.206 e. The molecular weight excluding hydrogens is 380 g/mol. The molecule has 0 amide bonds. The molecule has 1 unspecified atom stereocenters. The van der Waals surface area contributed by atoms with Crippen molar-refractivity contribution in [1.29, 1.82) is 0 Å². The number of rotatable bonds is 2. The zero-order valence-corrected chi connectivity index (χ0v) is 13.2. The summed E-state index contributed by atoms with van der Waals surface area (Å²) in [6.07, 6.45) is -4.73. The van der Waals surface area contributed by atoms with E-state index in [-0.39, 0.29) is 5.56 Å². The van der Waals surface area contributed by atoms with Crippen molar-refractivity contribution in [1.82, 2.24) is 0 Å². The summed E-state index contributed by atoms with van der Waals surface area (Å²) >= 11 is 10.9. The van der Waals surface area contributed by atoms with E-state index in [4.69, 9.17) is 11.6 Å². The third-order valence-electron chi connectivity index (χ3n) is 2.71. The first-order chi connectivity index (χ1) is 9.20. The van der Waals surface area contributed by atoms with E-state index in [9.17, 15) is 17.6 Å². The van der Waals surface area contributed by atoms with Gasteiger partial charge in [0.2, 0.25) is 0 Å². The van der Waals surface area contributed by atoms with Gasteiger partial charge in [-0.15, -0.1) is 22.9 Å². The predicted octanol–water partition coefficient (Wildman–Crippen LogP) is 6.31. The summed E-state index contributed by atoms with van der Waals surface area (Å²) in [5.41, 5.74) is -0.129. The van der Waals surface area contributed by atoms with Crippen molar-refractivity contribution in [2.45, 2.75) is 18.5 Å². The van der Waals surface area contributed by atoms with Crippen LogP contribution in [0.1, 0.15) is 26.9 Å². The molecule has 0 saturated carbocycles. The summed E-state index contributed by atoms with van der Waals surface area (Å²) in [6.45, 7) is 1.86. The zero-order chi connectivity index (χ0) is 15.1. The van der Waals surface area contributed by atoms with Gasteiger partial charge in [-0.1, -0.05) is 6.07 Å². The van der Waals surface area contributed by atoms with E-state index < -0.39 is 22.9 Å². The molecule has 0 N–H and O–H groups in total. The monoisotopic (exact) mass is 386 g/mol. The molecule has 0 saturated heterocycles. The van der Waals surface area contributed by atoms with Gasteiger partial charge in [-0.2, -0.15) is 13.2 Å². The lowest BCUT2D eigenvalue weighted by atomic mass is 10.1. The quantitative estimate of drug-likeness (QED) is 0.419. The van der Waals surface area contributed by atoms with Crippen LogP contribution in [-0.2, 0) is 6.18 Å². The highest BCUT2D eigenvalue weighted by Gasteiger charge is 2.34. The van der Waals surface area contributed by atoms with Crippen LogP contribution >= 0.6 is 38.9 Å². The fourth-order valence-electron chi connectivity index (χ4n) is 1.69. The summed E-state index contributed by atoms with van der Waals surface area (Å²) in [5.74, 6) is -1.30. The average Bonchev–Trinajstić information content (AvgIpc) is 2.68. The van der Waals surface area contributed by atoms with Crippen molar-refractivity contribution in [3.05, 3.63) is 55.4 Å². The first-order valence-corrected chi connectivity index (χ1v) is 7.51. The molecule has 0 aliphatic carbocycles. The van der Waals surface area contributed by atoms with Crippen LogP contribution < -0.4 is 0 Å². The Kier molecular flexibility index (Phi) is 4.47. The van der Waals surface area contributed by atoms with Gasteiger partial charge in [-0.05, 0) is 52.2 Å². The molecule has 1 aromatic carbocycles. The second-order valence-corrected chi connectivity index (χ2v) is 7.04. The van der Waals surface area contributed by atoms with Crippen LogP contribution in [0.3, 0.4) is 0 Å². The number of halogens is 6. The Morgan fingerprint density at radius 3 is 2.40 bits per heavy atom. The third kappa shape index (κ3) is 3.18. The van der Waals surface area contributed by atoms with Crippen molar-refractivity contribution >= 4 is 38.9 Å². The van der Waals surface area contributed by atoms with Gasteiger partial charge < -0.3 is 0 Å². The number of aryl methyl sites for hydroxylation is 1.